The van der Waals surface area contributed by atoms with Crippen LogP contribution in [0.1, 0.15) is 290 Å². The Morgan fingerprint density at radius 3 is 0.790 bits per heavy atom. The van der Waals surface area contributed by atoms with Crippen LogP contribution in [0.2, 0.25) is 0 Å². The smallest absolute Gasteiger partial charge is 0.463 e. The van der Waals surface area contributed by atoms with E-state index in [1.807, 2.05) is 12.2 Å². The molecule has 0 rings (SSSR count). The number of hydrogen-bond donors (Lipinski definition) is 4. The summed E-state index contributed by atoms with van der Waals surface area (Å²) in [5, 5.41) is 20.6. The summed E-state index contributed by atoms with van der Waals surface area (Å²) in [7, 11) is -9.82. The molecule has 0 aliphatic rings. The number of hydrogen-bond acceptors (Lipinski definition) is 14. The van der Waals surface area contributed by atoms with Gasteiger partial charge in [0, 0.05) is 19.3 Å². The summed E-state index contributed by atoms with van der Waals surface area (Å²) in [5.74, 6) is -1.68. The number of rotatable bonds is 74. The van der Waals surface area contributed by atoms with Crippen molar-refractivity contribution >= 4 is 33.6 Å². The summed E-state index contributed by atoms with van der Waals surface area (Å²) in [6.07, 6.45) is 101. The van der Waals surface area contributed by atoms with Gasteiger partial charge < -0.3 is 34.2 Å². The fraction of sp³-hybridized carbons (Fsp3) is 0.621. The molecule has 0 aromatic rings. The minimum absolute atomic E-state index is 0.0584. The van der Waals surface area contributed by atoms with Crippen LogP contribution in [0.3, 0.4) is 0 Å². The average molecular weight is 1510 g/mol. The van der Waals surface area contributed by atoms with Crippen molar-refractivity contribution in [2.75, 3.05) is 39.6 Å². The van der Waals surface area contributed by atoms with Crippen LogP contribution < -0.4 is 0 Å². The molecule has 0 aliphatic heterocycles. The molecule has 0 saturated heterocycles. The maximum absolute atomic E-state index is 12.9. The van der Waals surface area contributed by atoms with E-state index in [0.717, 1.165) is 141 Å². The molecular formula is C87H142O16P2. The number of esters is 3. The predicted octanol–water partition coefficient (Wildman–Crippen LogP) is 23.8. The second kappa shape index (κ2) is 78.2. The second-order valence-electron chi connectivity index (χ2n) is 26.1. The summed E-state index contributed by atoms with van der Waals surface area (Å²) in [6, 6.07) is 0. The van der Waals surface area contributed by atoms with Crippen molar-refractivity contribution in [3.8, 4) is 0 Å². The molecule has 105 heavy (non-hydrogen) atoms. The van der Waals surface area contributed by atoms with E-state index in [-0.39, 0.29) is 19.3 Å². The summed E-state index contributed by atoms with van der Waals surface area (Å²) >= 11 is 0. The molecule has 0 radical (unpaired) electrons. The van der Waals surface area contributed by atoms with Crippen LogP contribution in [-0.2, 0) is 55.8 Å². The topological polar surface area (TPSA) is 231 Å². The first-order valence-electron chi connectivity index (χ1n) is 40.1. The maximum atomic E-state index is 12.9. The lowest BCUT2D eigenvalue weighted by molar-refractivity contribution is -0.161. The van der Waals surface area contributed by atoms with E-state index < -0.39 is 91.5 Å². The number of phosphoric acid groups is 2. The zero-order valence-electron chi connectivity index (χ0n) is 65.1. The number of carbonyl (C=O) groups is 3. The number of carbonyl (C=O) groups excluding carboxylic acids is 3. The number of unbranched alkanes of at least 4 members (excludes halogenated alkanes) is 21. The van der Waals surface area contributed by atoms with Gasteiger partial charge in [-0.2, -0.15) is 0 Å². The van der Waals surface area contributed by atoms with Crippen molar-refractivity contribution in [1.29, 1.82) is 0 Å². The third kappa shape index (κ3) is 79.5. The normalized spacial score (nSPS) is 14.9. The molecule has 0 aromatic carbocycles. The van der Waals surface area contributed by atoms with E-state index in [2.05, 4.69) is 191 Å². The quantitative estimate of drug-likeness (QED) is 0.0146. The van der Waals surface area contributed by atoms with Crippen molar-refractivity contribution in [3.05, 3.63) is 182 Å². The van der Waals surface area contributed by atoms with Crippen LogP contribution >= 0.6 is 15.6 Å². The van der Waals surface area contributed by atoms with E-state index in [1.165, 1.54) is 83.5 Å². The lowest BCUT2D eigenvalue weighted by Gasteiger charge is -2.21. The third-order valence-electron chi connectivity index (χ3n) is 16.1. The number of ether oxygens (including phenoxy) is 3. The molecule has 0 aliphatic carbocycles. The molecule has 0 heterocycles. The van der Waals surface area contributed by atoms with Gasteiger partial charge in [-0.3, -0.25) is 32.5 Å². The van der Waals surface area contributed by atoms with E-state index in [0.29, 0.717) is 25.7 Å². The summed E-state index contributed by atoms with van der Waals surface area (Å²) in [4.78, 5) is 58.6. The molecule has 18 heteroatoms. The van der Waals surface area contributed by atoms with Crippen LogP contribution in [0.15, 0.2) is 182 Å². The van der Waals surface area contributed by atoms with Crippen molar-refractivity contribution in [3.63, 3.8) is 0 Å². The van der Waals surface area contributed by atoms with Gasteiger partial charge >= 0.3 is 33.6 Å². The van der Waals surface area contributed by atoms with E-state index >= 15 is 0 Å². The molecule has 4 N–H and O–H groups in total. The van der Waals surface area contributed by atoms with Gasteiger partial charge in [0.2, 0.25) is 0 Å². The lowest BCUT2D eigenvalue weighted by Crippen LogP contribution is -2.30. The van der Waals surface area contributed by atoms with Crippen LogP contribution in [-0.4, -0.2) is 95.9 Å². The Bertz CT molecular complexity index is 2640. The van der Waals surface area contributed by atoms with Gasteiger partial charge in [0.05, 0.1) is 26.4 Å². The Morgan fingerprint density at radius 1 is 0.267 bits per heavy atom. The summed E-state index contributed by atoms with van der Waals surface area (Å²) in [5.41, 5.74) is 0. The Morgan fingerprint density at radius 2 is 0.486 bits per heavy atom. The van der Waals surface area contributed by atoms with Gasteiger partial charge in [-0.25, -0.2) is 9.13 Å². The molecular weight excluding hydrogens is 1360 g/mol. The summed E-state index contributed by atoms with van der Waals surface area (Å²) < 4.78 is 61.0. The molecule has 5 unspecified atom stereocenters. The van der Waals surface area contributed by atoms with Gasteiger partial charge in [-0.1, -0.05) is 306 Å². The number of allylic oxidation sites excluding steroid dienone is 30. The Labute approximate surface area is 636 Å². The monoisotopic (exact) mass is 1500 g/mol. The Kier molecular flexibility index (Phi) is 74.3. The molecule has 0 saturated carbocycles. The molecule has 5 atom stereocenters. The standard InChI is InChI=1S/C87H142O16P2/c1-4-7-10-13-16-19-22-25-28-31-32-33-34-35-36-37-38-39-40-41-42-43-44-45-46-47-48-51-53-55-58-61-64-67-70-73-85(90)97-76-82(88)77-99-104(93,94)100-78-83(89)79-101-105(95,96)102-81-84(103-87(92)75-72-69-66-63-60-57-54-50-30-27-24-21-18-15-12-9-6-3)80-98-86(91)74-71-68-65-62-59-56-52-49-29-26-23-20-17-14-11-8-5-2/h7-12,16-21,25-30,32-33,35-36,38-39,52,54,56-57,62,65,82-84,88-89H,4-6,13-15,22-24,31,34,37,40-51,53,55,58-61,63-64,66-81H2,1-3H3,(H,93,94)(H,95,96)/b10-7-,11-8-,12-9-,19-16-,20-17-,21-18-,28-25-,29-26-,30-27-,33-32-,36-35-,39-38-,56-52-,57-54-,65-62-. The highest BCUT2D eigenvalue weighted by atomic mass is 31.2. The number of aliphatic hydroxyl groups excluding tert-OH is 2. The molecule has 0 fully saturated rings. The minimum Gasteiger partial charge on any atom is -0.463 e. The SMILES string of the molecule is CC/C=C\C/C=C\C/C=C\C/C=C\C/C=C\C/C=C\CCCCCCCCCCCCCCCCCCC(=O)OCC(O)COP(=O)(O)OCC(O)COP(=O)(O)OCC(COC(=O)CCC/C=C\C/C=C\C/C=C\C/C=C\C/C=C\CC)OC(=O)CCCCCC/C=C\C/C=C\C/C=C\C/C=C\CC. The van der Waals surface area contributed by atoms with E-state index in [9.17, 15) is 43.5 Å². The maximum Gasteiger partial charge on any atom is 0.472 e. The highest BCUT2D eigenvalue weighted by molar-refractivity contribution is 7.47. The molecule has 0 amide bonds. The van der Waals surface area contributed by atoms with Crippen LogP contribution in [0.5, 0.6) is 0 Å². The number of phosphoric ester groups is 2. The predicted molar refractivity (Wildman–Crippen MR) is 435 cm³/mol. The lowest BCUT2D eigenvalue weighted by atomic mass is 10.0. The Balaban J connectivity index is 4.48. The van der Waals surface area contributed by atoms with Crippen molar-refractivity contribution < 1.29 is 75.8 Å². The van der Waals surface area contributed by atoms with E-state index in [1.54, 1.807) is 0 Å². The van der Waals surface area contributed by atoms with Crippen molar-refractivity contribution in [2.24, 2.45) is 0 Å². The fourth-order valence-corrected chi connectivity index (χ4v) is 11.7. The number of aliphatic hydroxyl groups is 2. The molecule has 0 spiro atoms. The van der Waals surface area contributed by atoms with Gasteiger partial charge in [0.1, 0.15) is 25.4 Å². The first kappa shape index (κ1) is 99.7. The highest BCUT2D eigenvalue weighted by Gasteiger charge is 2.29. The van der Waals surface area contributed by atoms with Gasteiger partial charge in [-0.05, 0) is 148 Å². The van der Waals surface area contributed by atoms with Gasteiger partial charge in [-0.15, -0.1) is 0 Å². The molecule has 0 bridgehead atoms. The van der Waals surface area contributed by atoms with Crippen molar-refractivity contribution in [2.45, 2.75) is 309 Å². The first-order chi connectivity index (χ1) is 51.2. The van der Waals surface area contributed by atoms with Gasteiger partial charge in [0.15, 0.2) is 6.10 Å². The fourth-order valence-electron chi connectivity index (χ4n) is 10.1. The molecule has 596 valence electrons. The summed E-state index contributed by atoms with van der Waals surface area (Å²) in [6.45, 7) is 2.22. The van der Waals surface area contributed by atoms with Crippen molar-refractivity contribution in [1.82, 2.24) is 0 Å². The zero-order valence-corrected chi connectivity index (χ0v) is 66.9. The largest absolute Gasteiger partial charge is 0.472 e. The Hall–Kier alpha value is -5.35. The average Bonchev–Trinajstić information content (AvgIpc) is 0.911. The molecule has 16 nitrogen and oxygen atoms in total. The first-order valence-corrected chi connectivity index (χ1v) is 43.1. The third-order valence-corrected chi connectivity index (χ3v) is 18.0. The highest BCUT2D eigenvalue weighted by Crippen LogP contribution is 2.45. The van der Waals surface area contributed by atoms with Crippen LogP contribution in [0.25, 0.3) is 0 Å². The van der Waals surface area contributed by atoms with Gasteiger partial charge in [0.25, 0.3) is 0 Å². The van der Waals surface area contributed by atoms with Crippen LogP contribution in [0.4, 0.5) is 0 Å². The second-order valence-corrected chi connectivity index (χ2v) is 29.0. The zero-order chi connectivity index (χ0) is 76.6. The molecule has 0 aromatic heterocycles. The minimum atomic E-state index is -4.96. The van der Waals surface area contributed by atoms with E-state index in [4.69, 9.17) is 32.3 Å². The van der Waals surface area contributed by atoms with Crippen LogP contribution in [0, 0.1) is 0 Å².